The molecule has 92 valence electrons. The zero-order valence-corrected chi connectivity index (χ0v) is 11.9. The number of hydrogen-bond donors (Lipinski definition) is 0. The van der Waals surface area contributed by atoms with E-state index in [1.165, 1.54) is 44.9 Å². The van der Waals surface area contributed by atoms with E-state index in [1.54, 1.807) is 11.1 Å². The molecule has 0 radical (unpaired) electrons. The van der Waals surface area contributed by atoms with Gasteiger partial charge in [-0.05, 0) is 47.1 Å². The topological polar surface area (TPSA) is 0 Å². The molecule has 16 heavy (non-hydrogen) atoms. The summed E-state index contributed by atoms with van der Waals surface area (Å²) in [5, 5.41) is 4.71. The maximum atomic E-state index is 2.36. The molecule has 0 spiro atoms. The molecular weight excluding hydrogens is 212 g/mol. The van der Waals surface area contributed by atoms with E-state index in [4.69, 9.17) is 0 Å². The Bertz CT molecular complexity index is 273. The van der Waals surface area contributed by atoms with Crippen LogP contribution in [0.2, 0.25) is 0 Å². The van der Waals surface area contributed by atoms with Gasteiger partial charge in [0.1, 0.15) is 0 Å². The summed E-state index contributed by atoms with van der Waals surface area (Å²) < 4.78 is 0. The Morgan fingerprint density at radius 2 is 1.69 bits per heavy atom. The Labute approximate surface area is 105 Å². The van der Waals surface area contributed by atoms with E-state index < -0.39 is 0 Å². The molecule has 0 aliphatic rings. The highest BCUT2D eigenvalue weighted by atomic mass is 32.1. The van der Waals surface area contributed by atoms with Crippen LogP contribution in [-0.2, 0) is 12.8 Å². The molecule has 1 rings (SSSR count). The van der Waals surface area contributed by atoms with Crippen molar-refractivity contribution in [3.05, 3.63) is 21.9 Å². The minimum atomic E-state index is 0.786. The van der Waals surface area contributed by atoms with Crippen molar-refractivity contribution in [1.29, 1.82) is 0 Å². The lowest BCUT2D eigenvalue weighted by molar-refractivity contribution is 0.621. The van der Waals surface area contributed by atoms with Crippen LogP contribution >= 0.6 is 11.3 Å². The van der Waals surface area contributed by atoms with E-state index in [-0.39, 0.29) is 0 Å². The quantitative estimate of drug-likeness (QED) is 0.528. The summed E-state index contributed by atoms with van der Waals surface area (Å²) in [4.78, 5) is 0. The van der Waals surface area contributed by atoms with Gasteiger partial charge in [0.15, 0.2) is 0 Å². The van der Waals surface area contributed by atoms with Gasteiger partial charge in [0, 0.05) is 0 Å². The average Bonchev–Trinajstić information content (AvgIpc) is 2.64. The molecule has 0 aliphatic heterocycles. The first-order valence-corrected chi connectivity index (χ1v) is 7.72. The Morgan fingerprint density at radius 3 is 2.38 bits per heavy atom. The molecule has 0 aliphatic carbocycles. The van der Waals surface area contributed by atoms with Gasteiger partial charge in [-0.25, -0.2) is 0 Å². The third-order valence-electron chi connectivity index (χ3n) is 3.01. The Balaban J connectivity index is 2.27. The smallest absolute Gasteiger partial charge is 0.00583 e. The van der Waals surface area contributed by atoms with Crippen LogP contribution in [0.4, 0.5) is 0 Å². The number of rotatable bonds is 8. The SMILES string of the molecule is CCCCCCCc1cscc1CC(C)C. The van der Waals surface area contributed by atoms with E-state index in [1.807, 2.05) is 11.3 Å². The van der Waals surface area contributed by atoms with Crippen molar-refractivity contribution in [3.8, 4) is 0 Å². The fourth-order valence-corrected chi connectivity index (χ4v) is 3.02. The van der Waals surface area contributed by atoms with Crippen LogP contribution in [0.1, 0.15) is 64.0 Å². The first-order chi connectivity index (χ1) is 7.74. The van der Waals surface area contributed by atoms with Crippen LogP contribution < -0.4 is 0 Å². The van der Waals surface area contributed by atoms with Gasteiger partial charge in [-0.15, -0.1) is 0 Å². The molecule has 1 aromatic heterocycles. The molecule has 0 fully saturated rings. The second-order valence-corrected chi connectivity index (χ2v) is 5.93. The predicted octanol–water partition coefficient (Wildman–Crippen LogP) is 5.46. The highest BCUT2D eigenvalue weighted by Gasteiger charge is 2.05. The van der Waals surface area contributed by atoms with E-state index in [2.05, 4.69) is 31.5 Å². The highest BCUT2D eigenvalue weighted by molar-refractivity contribution is 7.08. The van der Waals surface area contributed by atoms with Gasteiger partial charge in [0.2, 0.25) is 0 Å². The fourth-order valence-electron chi connectivity index (χ4n) is 2.11. The Hall–Kier alpha value is -0.300. The van der Waals surface area contributed by atoms with Crippen molar-refractivity contribution >= 4 is 11.3 Å². The number of unbranched alkanes of at least 4 members (excludes halogenated alkanes) is 4. The zero-order valence-electron chi connectivity index (χ0n) is 11.1. The third kappa shape index (κ3) is 5.16. The molecule has 1 heterocycles. The lowest BCUT2D eigenvalue weighted by Gasteiger charge is -2.06. The van der Waals surface area contributed by atoms with Gasteiger partial charge in [-0.2, -0.15) is 11.3 Å². The summed E-state index contributed by atoms with van der Waals surface area (Å²) in [5.74, 6) is 0.786. The fraction of sp³-hybridized carbons (Fsp3) is 0.733. The second kappa shape index (κ2) is 7.89. The van der Waals surface area contributed by atoms with Gasteiger partial charge in [-0.3, -0.25) is 0 Å². The first-order valence-electron chi connectivity index (χ1n) is 6.78. The van der Waals surface area contributed by atoms with Gasteiger partial charge >= 0.3 is 0 Å². The second-order valence-electron chi connectivity index (χ2n) is 5.18. The summed E-state index contributed by atoms with van der Waals surface area (Å²) in [6.45, 7) is 6.89. The number of aryl methyl sites for hydroxylation is 1. The summed E-state index contributed by atoms with van der Waals surface area (Å²) in [6.07, 6.45) is 9.51. The van der Waals surface area contributed by atoms with Crippen LogP contribution in [0.15, 0.2) is 10.8 Å². The van der Waals surface area contributed by atoms with Crippen LogP contribution in [0.5, 0.6) is 0 Å². The molecule has 0 saturated heterocycles. The largest absolute Gasteiger partial charge is 0.152 e. The van der Waals surface area contributed by atoms with Gasteiger partial charge in [0.25, 0.3) is 0 Å². The molecule has 1 heteroatoms. The Morgan fingerprint density at radius 1 is 1.00 bits per heavy atom. The molecule has 0 aromatic carbocycles. The molecule has 0 bridgehead atoms. The van der Waals surface area contributed by atoms with E-state index in [0.29, 0.717) is 0 Å². The number of hydrogen-bond acceptors (Lipinski definition) is 1. The Kier molecular flexibility index (Phi) is 6.79. The van der Waals surface area contributed by atoms with E-state index in [0.717, 1.165) is 5.92 Å². The van der Waals surface area contributed by atoms with Crippen molar-refractivity contribution in [3.63, 3.8) is 0 Å². The standard InChI is InChI=1S/C15H26S/c1-4-5-6-7-8-9-14-11-16-12-15(14)10-13(2)3/h11-13H,4-10H2,1-3H3. The predicted molar refractivity (Wildman–Crippen MR) is 75.3 cm³/mol. The molecule has 0 amide bonds. The molecule has 0 atom stereocenters. The zero-order chi connectivity index (χ0) is 11.8. The monoisotopic (exact) mass is 238 g/mol. The normalized spacial score (nSPS) is 11.2. The molecule has 1 aromatic rings. The summed E-state index contributed by atoms with van der Waals surface area (Å²) in [7, 11) is 0. The van der Waals surface area contributed by atoms with E-state index >= 15 is 0 Å². The summed E-state index contributed by atoms with van der Waals surface area (Å²) in [6, 6.07) is 0. The highest BCUT2D eigenvalue weighted by Crippen LogP contribution is 2.21. The van der Waals surface area contributed by atoms with Gasteiger partial charge in [0.05, 0.1) is 0 Å². The lowest BCUT2D eigenvalue weighted by atomic mass is 9.98. The minimum Gasteiger partial charge on any atom is -0.152 e. The van der Waals surface area contributed by atoms with Crippen molar-refractivity contribution in [2.24, 2.45) is 5.92 Å². The van der Waals surface area contributed by atoms with Crippen molar-refractivity contribution < 1.29 is 0 Å². The maximum absolute atomic E-state index is 2.36. The maximum Gasteiger partial charge on any atom is -0.00583 e. The molecule has 0 saturated carbocycles. The first kappa shape index (κ1) is 13.8. The number of thiophene rings is 1. The van der Waals surface area contributed by atoms with Crippen LogP contribution in [0, 0.1) is 5.92 Å². The third-order valence-corrected chi connectivity index (χ3v) is 3.85. The van der Waals surface area contributed by atoms with Gasteiger partial charge in [-0.1, -0.05) is 46.5 Å². The van der Waals surface area contributed by atoms with Crippen LogP contribution in [-0.4, -0.2) is 0 Å². The molecule has 0 N–H and O–H groups in total. The van der Waals surface area contributed by atoms with Crippen molar-refractivity contribution in [2.45, 2.75) is 65.7 Å². The van der Waals surface area contributed by atoms with Crippen LogP contribution in [0.3, 0.4) is 0 Å². The van der Waals surface area contributed by atoms with Crippen molar-refractivity contribution in [1.82, 2.24) is 0 Å². The van der Waals surface area contributed by atoms with Crippen LogP contribution in [0.25, 0.3) is 0 Å². The minimum absolute atomic E-state index is 0.786. The molecular formula is C15H26S. The van der Waals surface area contributed by atoms with Gasteiger partial charge < -0.3 is 0 Å². The molecule has 0 unspecified atom stereocenters. The average molecular weight is 238 g/mol. The van der Waals surface area contributed by atoms with Crippen molar-refractivity contribution in [2.75, 3.05) is 0 Å². The lowest BCUT2D eigenvalue weighted by Crippen LogP contribution is -1.96. The summed E-state index contributed by atoms with van der Waals surface area (Å²) >= 11 is 1.88. The molecule has 0 nitrogen and oxygen atoms in total. The summed E-state index contributed by atoms with van der Waals surface area (Å²) in [5.41, 5.74) is 3.23. The van der Waals surface area contributed by atoms with E-state index in [9.17, 15) is 0 Å².